The molecule has 0 spiro atoms. The average Bonchev–Trinajstić information content (AvgIpc) is 2.45. The van der Waals surface area contributed by atoms with Gasteiger partial charge in [0.25, 0.3) is 0 Å². The monoisotopic (exact) mass is 308 g/mol. The fraction of sp³-hybridized carbons (Fsp3) is 0.214. The van der Waals surface area contributed by atoms with E-state index in [0.717, 1.165) is 16.5 Å². The van der Waals surface area contributed by atoms with Crippen LogP contribution < -0.4 is 5.32 Å². The highest BCUT2D eigenvalue weighted by Crippen LogP contribution is 2.24. The molecule has 106 valence electrons. The third-order valence-electron chi connectivity index (χ3n) is 2.74. The van der Waals surface area contributed by atoms with E-state index < -0.39 is 9.84 Å². The first-order chi connectivity index (χ1) is 9.49. The molecule has 0 saturated heterocycles. The Balaban J connectivity index is 2.04. The molecule has 0 radical (unpaired) electrons. The maximum atomic E-state index is 11.4. The van der Waals surface area contributed by atoms with Crippen LogP contribution in [0, 0.1) is 0 Å². The van der Waals surface area contributed by atoms with Crippen molar-refractivity contribution in [2.45, 2.75) is 15.5 Å². The van der Waals surface area contributed by atoms with E-state index in [1.165, 1.54) is 11.8 Å². The van der Waals surface area contributed by atoms with Gasteiger partial charge in [0.1, 0.15) is 5.82 Å². The van der Waals surface area contributed by atoms with Crippen molar-refractivity contribution in [3.8, 4) is 0 Å². The number of pyridine rings is 1. The van der Waals surface area contributed by atoms with Gasteiger partial charge in [-0.3, -0.25) is 0 Å². The number of thioether (sulfide) groups is 1. The molecule has 0 aliphatic heterocycles. The number of aromatic nitrogens is 1. The molecule has 0 atom stereocenters. The van der Waals surface area contributed by atoms with E-state index in [4.69, 9.17) is 0 Å². The minimum absolute atomic E-state index is 0.350. The molecule has 0 aliphatic carbocycles. The lowest BCUT2D eigenvalue weighted by atomic mass is 10.3. The molecule has 0 bridgehead atoms. The Morgan fingerprint density at radius 2 is 1.90 bits per heavy atom. The van der Waals surface area contributed by atoms with Crippen molar-refractivity contribution >= 4 is 27.4 Å². The Hall–Kier alpha value is -1.53. The topological polar surface area (TPSA) is 59.1 Å². The zero-order chi connectivity index (χ0) is 14.6. The largest absolute Gasteiger partial charge is 0.373 e. The first-order valence-electron chi connectivity index (χ1n) is 6.04. The van der Waals surface area contributed by atoms with Gasteiger partial charge in [0.05, 0.1) is 4.90 Å². The predicted octanol–water partition coefficient (Wildman–Crippen LogP) is 2.82. The van der Waals surface area contributed by atoms with Crippen molar-refractivity contribution < 1.29 is 8.42 Å². The van der Waals surface area contributed by atoms with Crippen molar-refractivity contribution in [2.24, 2.45) is 0 Å². The zero-order valence-corrected chi connectivity index (χ0v) is 13.0. The molecule has 0 unspecified atom stereocenters. The number of benzene rings is 1. The molecule has 2 rings (SSSR count). The minimum Gasteiger partial charge on any atom is -0.373 e. The van der Waals surface area contributed by atoms with Crippen LogP contribution in [0.3, 0.4) is 0 Å². The molecule has 1 aromatic heterocycles. The van der Waals surface area contributed by atoms with Crippen molar-refractivity contribution in [3.63, 3.8) is 0 Å². The summed E-state index contributed by atoms with van der Waals surface area (Å²) in [5.74, 6) is 1.66. The van der Waals surface area contributed by atoms with Gasteiger partial charge in [-0.05, 0) is 42.0 Å². The molecule has 6 heteroatoms. The minimum atomic E-state index is -3.12. The van der Waals surface area contributed by atoms with Crippen molar-refractivity contribution in [1.29, 1.82) is 0 Å². The number of sulfone groups is 1. The molecule has 1 heterocycles. The molecule has 0 saturated carbocycles. The number of nitrogens with zero attached hydrogens (tertiary/aromatic N) is 1. The molecular formula is C14H16N2O2S2. The van der Waals surface area contributed by atoms with Crippen LogP contribution in [0.1, 0.15) is 5.56 Å². The van der Waals surface area contributed by atoms with Crippen LogP contribution in [0.25, 0.3) is 0 Å². The van der Waals surface area contributed by atoms with Crippen LogP contribution in [0.4, 0.5) is 5.82 Å². The van der Waals surface area contributed by atoms with Gasteiger partial charge in [0.2, 0.25) is 0 Å². The molecular weight excluding hydrogens is 292 g/mol. The van der Waals surface area contributed by atoms with E-state index in [1.54, 1.807) is 30.1 Å². The fourth-order valence-electron chi connectivity index (χ4n) is 1.65. The van der Waals surface area contributed by atoms with Gasteiger partial charge in [0.15, 0.2) is 9.84 Å². The van der Waals surface area contributed by atoms with Crippen LogP contribution >= 0.6 is 11.8 Å². The van der Waals surface area contributed by atoms with E-state index in [2.05, 4.69) is 10.3 Å². The summed E-state index contributed by atoms with van der Waals surface area (Å²) in [5.41, 5.74) is 1.17. The Morgan fingerprint density at radius 1 is 1.20 bits per heavy atom. The first-order valence-corrected chi connectivity index (χ1v) is 8.92. The van der Waals surface area contributed by atoms with Gasteiger partial charge in [-0.2, -0.15) is 0 Å². The Kier molecular flexibility index (Phi) is 4.67. The van der Waals surface area contributed by atoms with Gasteiger partial charge >= 0.3 is 0 Å². The summed E-state index contributed by atoms with van der Waals surface area (Å²) in [7, 11) is -1.29. The number of hydrogen-bond donors (Lipinski definition) is 1. The SMILES string of the molecule is CNc1cc(CSc2ccc(S(C)(=O)=O)cc2)ccn1. The van der Waals surface area contributed by atoms with Crippen LogP contribution in [0.15, 0.2) is 52.4 Å². The third-order valence-corrected chi connectivity index (χ3v) is 4.95. The highest BCUT2D eigenvalue weighted by atomic mass is 32.2. The maximum absolute atomic E-state index is 11.4. The summed E-state index contributed by atoms with van der Waals surface area (Å²) in [6.07, 6.45) is 2.99. The normalized spacial score (nSPS) is 11.3. The molecule has 0 aliphatic rings. The second-order valence-electron chi connectivity index (χ2n) is 4.33. The second-order valence-corrected chi connectivity index (χ2v) is 7.40. The predicted molar refractivity (Wildman–Crippen MR) is 82.9 cm³/mol. The van der Waals surface area contributed by atoms with Crippen LogP contribution in [-0.2, 0) is 15.6 Å². The first kappa shape index (κ1) is 14.9. The summed E-state index contributed by atoms with van der Waals surface area (Å²) < 4.78 is 22.7. The van der Waals surface area contributed by atoms with Crippen LogP contribution in [0.5, 0.6) is 0 Å². The molecule has 2 aromatic rings. The van der Waals surface area contributed by atoms with Gasteiger partial charge < -0.3 is 5.32 Å². The molecule has 1 N–H and O–H groups in total. The molecule has 20 heavy (non-hydrogen) atoms. The number of rotatable bonds is 5. The highest BCUT2D eigenvalue weighted by molar-refractivity contribution is 7.98. The number of nitrogens with one attached hydrogen (secondary N) is 1. The second kappa shape index (κ2) is 6.28. The third kappa shape index (κ3) is 3.98. The van der Waals surface area contributed by atoms with Gasteiger partial charge in [-0.15, -0.1) is 11.8 Å². The van der Waals surface area contributed by atoms with E-state index in [1.807, 2.05) is 31.3 Å². The van der Waals surface area contributed by atoms with Gasteiger partial charge in [-0.25, -0.2) is 13.4 Å². The lowest BCUT2D eigenvalue weighted by Gasteiger charge is -2.05. The van der Waals surface area contributed by atoms with Crippen molar-refractivity contribution in [1.82, 2.24) is 4.98 Å². The summed E-state index contributed by atoms with van der Waals surface area (Å²) in [6, 6.07) is 10.9. The van der Waals surface area contributed by atoms with Gasteiger partial charge in [0, 0.05) is 30.1 Å². The maximum Gasteiger partial charge on any atom is 0.175 e. The lowest BCUT2D eigenvalue weighted by molar-refractivity contribution is 0.602. The Morgan fingerprint density at radius 3 is 2.50 bits per heavy atom. The average molecular weight is 308 g/mol. The van der Waals surface area contributed by atoms with Crippen LogP contribution in [-0.4, -0.2) is 26.7 Å². The number of anilines is 1. The Bertz CT molecular complexity index is 683. The zero-order valence-electron chi connectivity index (χ0n) is 11.3. The van der Waals surface area contributed by atoms with Crippen LogP contribution in [0.2, 0.25) is 0 Å². The fourth-order valence-corrected chi connectivity index (χ4v) is 3.12. The van der Waals surface area contributed by atoms with Crippen molar-refractivity contribution in [3.05, 3.63) is 48.2 Å². The van der Waals surface area contributed by atoms with Gasteiger partial charge in [-0.1, -0.05) is 0 Å². The number of hydrogen-bond acceptors (Lipinski definition) is 5. The lowest BCUT2D eigenvalue weighted by Crippen LogP contribution is -1.96. The summed E-state index contributed by atoms with van der Waals surface area (Å²) >= 11 is 1.66. The molecule has 4 nitrogen and oxygen atoms in total. The quantitative estimate of drug-likeness (QED) is 0.861. The molecule has 0 fully saturated rings. The smallest absolute Gasteiger partial charge is 0.175 e. The molecule has 0 amide bonds. The van der Waals surface area contributed by atoms with Crippen molar-refractivity contribution in [2.75, 3.05) is 18.6 Å². The van der Waals surface area contributed by atoms with E-state index in [9.17, 15) is 8.42 Å². The summed E-state index contributed by atoms with van der Waals surface area (Å²) in [6.45, 7) is 0. The Labute approximate surface area is 123 Å². The van der Waals surface area contributed by atoms with E-state index in [-0.39, 0.29) is 0 Å². The standard InChI is InChI=1S/C14H16N2O2S2/c1-15-14-9-11(7-8-16-14)10-19-12-3-5-13(6-4-12)20(2,17)18/h3-9H,10H2,1-2H3,(H,15,16). The highest BCUT2D eigenvalue weighted by Gasteiger charge is 2.06. The summed E-state index contributed by atoms with van der Waals surface area (Å²) in [5, 5.41) is 3.00. The van der Waals surface area contributed by atoms with E-state index in [0.29, 0.717) is 4.90 Å². The molecule has 1 aromatic carbocycles. The summed E-state index contributed by atoms with van der Waals surface area (Å²) in [4.78, 5) is 5.56. The van der Waals surface area contributed by atoms with E-state index >= 15 is 0 Å².